The lowest BCUT2D eigenvalue weighted by Gasteiger charge is -2.36. The zero-order chi connectivity index (χ0) is 12.8. The molecule has 0 aliphatic carbocycles. The molecule has 0 spiro atoms. The van der Waals surface area contributed by atoms with E-state index in [0.29, 0.717) is 5.54 Å². The number of hydrogen-bond donors (Lipinski definition) is 1. The monoisotopic (exact) mass is 245 g/mol. The second-order valence-electron chi connectivity index (χ2n) is 6.36. The first-order valence-electron chi connectivity index (χ1n) is 6.94. The lowest BCUT2D eigenvalue weighted by atomic mass is 9.85. The third-order valence-corrected chi connectivity index (χ3v) is 5.03. The van der Waals surface area contributed by atoms with E-state index in [2.05, 4.69) is 42.0 Å². The summed E-state index contributed by atoms with van der Waals surface area (Å²) in [6, 6.07) is 2.11. The Balaban J connectivity index is 1.80. The van der Waals surface area contributed by atoms with E-state index >= 15 is 0 Å². The lowest BCUT2D eigenvalue weighted by molar-refractivity contribution is 0.131. The Morgan fingerprint density at radius 1 is 1.44 bits per heavy atom. The van der Waals surface area contributed by atoms with Gasteiger partial charge in [-0.25, -0.2) is 0 Å². The van der Waals surface area contributed by atoms with Crippen molar-refractivity contribution in [1.29, 1.82) is 0 Å². The Morgan fingerprint density at radius 3 is 3.00 bits per heavy atom. The van der Waals surface area contributed by atoms with Gasteiger partial charge in [-0.05, 0) is 56.3 Å². The van der Waals surface area contributed by atoms with Crippen molar-refractivity contribution in [2.75, 3.05) is 19.6 Å². The van der Waals surface area contributed by atoms with Gasteiger partial charge >= 0.3 is 0 Å². The van der Waals surface area contributed by atoms with Gasteiger partial charge in [-0.1, -0.05) is 0 Å². The normalized spacial score (nSPS) is 30.6. The van der Waals surface area contributed by atoms with Gasteiger partial charge in [0.25, 0.3) is 0 Å². The molecule has 2 aliphatic rings. The molecule has 1 aromatic heterocycles. The smallest absolute Gasteiger partial charge is 0.0315 e. The van der Waals surface area contributed by atoms with Crippen molar-refractivity contribution in [3.8, 4) is 0 Å². The van der Waals surface area contributed by atoms with Crippen LogP contribution in [-0.4, -0.2) is 35.1 Å². The van der Waals surface area contributed by atoms with E-state index in [1.165, 1.54) is 30.8 Å². The molecule has 98 valence electrons. The number of nitrogens with zero attached hydrogens (tertiary/aromatic N) is 2. The van der Waals surface area contributed by atoms with Gasteiger partial charge in [0.05, 0.1) is 0 Å². The number of aryl methyl sites for hydroxylation is 1. The topological polar surface area (TPSA) is 28.2 Å². The molecular formula is C15H23N3. The molecule has 2 aliphatic heterocycles. The van der Waals surface area contributed by atoms with Crippen molar-refractivity contribution in [3.63, 3.8) is 0 Å². The Bertz CT molecular complexity index is 441. The maximum atomic E-state index is 4.27. The second kappa shape index (κ2) is 4.32. The Kier molecular flexibility index (Phi) is 2.91. The molecule has 18 heavy (non-hydrogen) atoms. The molecule has 2 saturated heterocycles. The zero-order valence-electron chi connectivity index (χ0n) is 11.6. The average molecular weight is 245 g/mol. The number of fused-ring (bicyclic) bond motifs is 1. The van der Waals surface area contributed by atoms with E-state index in [-0.39, 0.29) is 0 Å². The van der Waals surface area contributed by atoms with Gasteiger partial charge in [-0.3, -0.25) is 9.88 Å². The van der Waals surface area contributed by atoms with Crippen LogP contribution in [0.2, 0.25) is 0 Å². The highest BCUT2D eigenvalue weighted by atomic mass is 15.2. The number of pyridine rings is 1. The molecule has 0 radical (unpaired) electrons. The highest BCUT2D eigenvalue weighted by molar-refractivity contribution is 5.22. The molecule has 1 aromatic rings. The summed E-state index contributed by atoms with van der Waals surface area (Å²) in [4.78, 5) is 6.91. The van der Waals surface area contributed by atoms with Gasteiger partial charge in [0.2, 0.25) is 0 Å². The molecule has 0 saturated carbocycles. The first kappa shape index (κ1) is 12.1. The van der Waals surface area contributed by atoms with Crippen LogP contribution in [-0.2, 0) is 6.54 Å². The number of rotatable bonds is 2. The van der Waals surface area contributed by atoms with Crippen LogP contribution in [0.1, 0.15) is 25.0 Å². The molecule has 3 heterocycles. The molecule has 3 rings (SSSR count). The predicted octanol–water partition coefficient (Wildman–Crippen LogP) is 1.82. The predicted molar refractivity (Wildman–Crippen MR) is 73.3 cm³/mol. The van der Waals surface area contributed by atoms with E-state index < -0.39 is 0 Å². The summed E-state index contributed by atoms with van der Waals surface area (Å²) in [5, 5.41) is 3.54. The molecule has 0 bridgehead atoms. The summed E-state index contributed by atoms with van der Waals surface area (Å²) in [7, 11) is 0. The molecule has 2 atom stereocenters. The quantitative estimate of drug-likeness (QED) is 0.861. The first-order chi connectivity index (χ1) is 8.59. The van der Waals surface area contributed by atoms with E-state index in [0.717, 1.165) is 18.4 Å². The van der Waals surface area contributed by atoms with E-state index in [4.69, 9.17) is 0 Å². The molecule has 3 nitrogen and oxygen atoms in total. The van der Waals surface area contributed by atoms with Crippen LogP contribution in [0.25, 0.3) is 0 Å². The maximum absolute atomic E-state index is 4.27. The van der Waals surface area contributed by atoms with Crippen LogP contribution in [0.5, 0.6) is 0 Å². The Hall–Kier alpha value is -0.930. The average Bonchev–Trinajstić information content (AvgIpc) is 2.87. The summed E-state index contributed by atoms with van der Waals surface area (Å²) in [5.41, 5.74) is 3.03. The van der Waals surface area contributed by atoms with Gasteiger partial charge in [0, 0.05) is 37.6 Å². The number of nitrogens with one attached hydrogen (secondary N) is 1. The summed E-state index contributed by atoms with van der Waals surface area (Å²) < 4.78 is 0. The standard InChI is InChI=1S/C15H23N3/c1-11-4-5-16-6-12(11)9-18-10-13-7-17-8-14(13)15(18,2)3/h4-6,13-14,17H,7-10H2,1-3H3. The molecule has 0 amide bonds. The van der Waals surface area contributed by atoms with Gasteiger partial charge in [0.1, 0.15) is 0 Å². The minimum Gasteiger partial charge on any atom is -0.316 e. The molecular weight excluding hydrogens is 222 g/mol. The minimum absolute atomic E-state index is 0.302. The van der Waals surface area contributed by atoms with Gasteiger partial charge in [0.15, 0.2) is 0 Å². The maximum Gasteiger partial charge on any atom is 0.0315 e. The summed E-state index contributed by atoms with van der Waals surface area (Å²) in [6.07, 6.45) is 3.91. The van der Waals surface area contributed by atoms with Crippen LogP contribution in [0.3, 0.4) is 0 Å². The largest absolute Gasteiger partial charge is 0.316 e. The summed E-state index contributed by atoms with van der Waals surface area (Å²) in [5.74, 6) is 1.63. The molecule has 1 N–H and O–H groups in total. The van der Waals surface area contributed by atoms with Crippen molar-refractivity contribution >= 4 is 0 Å². The van der Waals surface area contributed by atoms with Crippen LogP contribution < -0.4 is 5.32 Å². The number of likely N-dealkylation sites (tertiary alicyclic amines) is 1. The third-order valence-electron chi connectivity index (χ3n) is 5.03. The van der Waals surface area contributed by atoms with Crippen LogP contribution in [0.15, 0.2) is 18.5 Å². The van der Waals surface area contributed by atoms with Crippen molar-refractivity contribution < 1.29 is 0 Å². The van der Waals surface area contributed by atoms with Crippen molar-refractivity contribution in [2.24, 2.45) is 11.8 Å². The van der Waals surface area contributed by atoms with Crippen LogP contribution in [0, 0.1) is 18.8 Å². The Morgan fingerprint density at radius 2 is 2.28 bits per heavy atom. The third kappa shape index (κ3) is 1.86. The fourth-order valence-electron chi connectivity index (χ4n) is 3.64. The molecule has 2 fully saturated rings. The number of aromatic nitrogens is 1. The molecule has 3 heteroatoms. The highest BCUT2D eigenvalue weighted by Gasteiger charge is 2.49. The fraction of sp³-hybridized carbons (Fsp3) is 0.667. The van der Waals surface area contributed by atoms with E-state index in [1.54, 1.807) is 0 Å². The fourth-order valence-corrected chi connectivity index (χ4v) is 3.64. The van der Waals surface area contributed by atoms with E-state index in [9.17, 15) is 0 Å². The van der Waals surface area contributed by atoms with Crippen LogP contribution in [0.4, 0.5) is 0 Å². The van der Waals surface area contributed by atoms with Crippen molar-refractivity contribution in [2.45, 2.75) is 32.9 Å². The van der Waals surface area contributed by atoms with Gasteiger partial charge in [-0.15, -0.1) is 0 Å². The lowest BCUT2D eigenvalue weighted by Crippen LogP contribution is -2.44. The highest BCUT2D eigenvalue weighted by Crippen LogP contribution is 2.41. The zero-order valence-corrected chi connectivity index (χ0v) is 11.6. The Labute approximate surface area is 110 Å². The second-order valence-corrected chi connectivity index (χ2v) is 6.36. The van der Waals surface area contributed by atoms with Gasteiger partial charge < -0.3 is 5.32 Å². The molecule has 0 aromatic carbocycles. The molecule has 2 unspecified atom stereocenters. The summed E-state index contributed by atoms with van der Waals surface area (Å²) in [6.45, 7) is 11.6. The first-order valence-corrected chi connectivity index (χ1v) is 6.94. The SMILES string of the molecule is Cc1ccncc1CN1CC2CNCC2C1(C)C. The number of hydrogen-bond acceptors (Lipinski definition) is 3. The minimum atomic E-state index is 0.302. The van der Waals surface area contributed by atoms with E-state index in [1.807, 2.05) is 12.4 Å². The van der Waals surface area contributed by atoms with Gasteiger partial charge in [-0.2, -0.15) is 0 Å². The van der Waals surface area contributed by atoms with Crippen molar-refractivity contribution in [1.82, 2.24) is 15.2 Å². The van der Waals surface area contributed by atoms with Crippen molar-refractivity contribution in [3.05, 3.63) is 29.6 Å². The summed E-state index contributed by atoms with van der Waals surface area (Å²) >= 11 is 0. The van der Waals surface area contributed by atoms with Crippen LogP contribution >= 0.6 is 0 Å².